The van der Waals surface area contributed by atoms with E-state index in [-0.39, 0.29) is 0 Å². The van der Waals surface area contributed by atoms with Crippen molar-refractivity contribution in [2.45, 2.75) is 41.8 Å². The van der Waals surface area contributed by atoms with Crippen LogP contribution in [0.15, 0.2) is 0 Å². The molecule has 0 saturated carbocycles. The predicted molar refractivity (Wildman–Crippen MR) is 42.6 cm³/mol. The van der Waals surface area contributed by atoms with Crippen molar-refractivity contribution in [3.8, 4) is 0 Å². The molecule has 0 spiro atoms. The lowest BCUT2D eigenvalue weighted by atomic mass is 10.0. The van der Waals surface area contributed by atoms with E-state index in [1.54, 1.807) is 0 Å². The first-order valence-electron chi connectivity index (χ1n) is 5.21. The topological polar surface area (TPSA) is 20.3 Å². The molecule has 1 heterocycles. The molecule has 0 aliphatic carbocycles. The Morgan fingerprint density at radius 2 is 1.08 bits per heavy atom. The lowest BCUT2D eigenvalue weighted by Crippen LogP contribution is -2.73. The van der Waals surface area contributed by atoms with Crippen molar-refractivity contribution in [2.75, 3.05) is 0 Å². The van der Waals surface area contributed by atoms with Crippen LogP contribution in [0.5, 0.6) is 0 Å². The Hall–Kier alpha value is -1.42. The molecule has 0 amide bonds. The number of nitrogens with zero attached hydrogens (tertiary/aromatic N) is 1. The molecule has 1 aliphatic heterocycles. The predicted octanol–water partition coefficient (Wildman–Crippen LogP) is 4.12. The number of halogens is 15. The fourth-order valence-corrected chi connectivity index (χ4v) is 1.91. The third-order valence-corrected chi connectivity index (χ3v) is 3.10. The maximum atomic E-state index is 13.7. The van der Waals surface area contributed by atoms with Gasteiger partial charge in [0.1, 0.15) is 0 Å². The van der Waals surface area contributed by atoms with Gasteiger partial charge in [-0.2, -0.15) is 57.1 Å². The fourth-order valence-electron chi connectivity index (χ4n) is 1.91. The summed E-state index contributed by atoms with van der Waals surface area (Å²) in [6.45, 7) is 0. The lowest BCUT2D eigenvalue weighted by Gasteiger charge is -2.41. The molecular weight excluding hydrogens is 411 g/mol. The van der Waals surface area contributed by atoms with Crippen LogP contribution < -0.4 is 0 Å². The molecule has 1 fully saturated rings. The van der Waals surface area contributed by atoms with Gasteiger partial charge in [-0.1, -0.05) is 0 Å². The molecule has 0 aromatic carbocycles. The van der Waals surface area contributed by atoms with Gasteiger partial charge in [0.25, 0.3) is 0 Å². The van der Waals surface area contributed by atoms with Gasteiger partial charge in [0.15, 0.2) is 0 Å². The first-order chi connectivity index (χ1) is 10.6. The highest BCUT2D eigenvalue weighted by atomic mass is 19.4. The van der Waals surface area contributed by atoms with Gasteiger partial charge in [-0.05, 0) is 0 Å². The molecule has 1 aliphatic rings. The summed E-state index contributed by atoms with van der Waals surface area (Å²) in [6.07, 6.45) is -15.4. The second-order valence-electron chi connectivity index (χ2n) is 4.54. The summed E-state index contributed by atoms with van der Waals surface area (Å²) < 4.78 is 192. The maximum absolute atomic E-state index is 13.7. The SMILES string of the molecule is O=C(F)C(F)(N1C(F)(F)C(F)(F)C(F)(F)C1(F)C(F)(F)F)C(F)(F)F. The molecule has 0 aromatic rings. The second kappa shape index (κ2) is 4.85. The molecule has 2 atom stereocenters. The first kappa shape index (κ1) is 21.6. The third kappa shape index (κ3) is 2.09. The van der Waals surface area contributed by atoms with E-state index in [4.69, 9.17) is 0 Å². The van der Waals surface area contributed by atoms with Crippen molar-refractivity contribution < 1.29 is 70.7 Å². The van der Waals surface area contributed by atoms with E-state index < -0.39 is 52.8 Å². The number of hydrogen-bond acceptors (Lipinski definition) is 2. The Morgan fingerprint density at radius 1 is 0.720 bits per heavy atom. The van der Waals surface area contributed by atoms with Gasteiger partial charge in [-0.3, -0.25) is 4.79 Å². The van der Waals surface area contributed by atoms with Gasteiger partial charge >= 0.3 is 47.9 Å². The number of carbonyl (C=O) groups is 1. The Labute approximate surface area is 125 Å². The Morgan fingerprint density at radius 3 is 1.32 bits per heavy atom. The first-order valence-corrected chi connectivity index (χ1v) is 5.21. The number of alkyl halides is 14. The number of hydrogen-bond donors (Lipinski definition) is 0. The molecule has 2 unspecified atom stereocenters. The van der Waals surface area contributed by atoms with Crippen LogP contribution in [-0.4, -0.2) is 52.8 Å². The van der Waals surface area contributed by atoms with Gasteiger partial charge in [0.2, 0.25) is 0 Å². The standard InChI is InChI=1S/C8F15NO/c9-1(25)2(10,6(16,17)18)24-5(15,7(19,20)21)3(11,12)4(13,14)8(24,22)23. The summed E-state index contributed by atoms with van der Waals surface area (Å²) in [6, 6.07) is -12.6. The van der Waals surface area contributed by atoms with Crippen LogP contribution in [-0.2, 0) is 4.79 Å². The number of carbonyl (C=O) groups excluding carboxylic acids is 1. The number of likely N-dealkylation sites (tertiary alicyclic amines) is 1. The van der Waals surface area contributed by atoms with E-state index >= 15 is 0 Å². The fraction of sp³-hybridized carbons (Fsp3) is 0.875. The van der Waals surface area contributed by atoms with Crippen molar-refractivity contribution >= 4 is 6.04 Å². The van der Waals surface area contributed by atoms with Gasteiger partial charge in [0.05, 0.1) is 0 Å². The molecule has 1 saturated heterocycles. The van der Waals surface area contributed by atoms with Gasteiger partial charge in [0, 0.05) is 0 Å². The minimum atomic E-state index is -7.82. The van der Waals surface area contributed by atoms with Crippen LogP contribution in [0.1, 0.15) is 0 Å². The molecule has 148 valence electrons. The maximum Gasteiger partial charge on any atom is 0.447 e. The molecule has 0 radical (unpaired) electrons. The van der Waals surface area contributed by atoms with Crippen LogP contribution in [0.3, 0.4) is 0 Å². The third-order valence-electron chi connectivity index (χ3n) is 3.10. The largest absolute Gasteiger partial charge is 0.447 e. The normalized spacial score (nSPS) is 31.6. The van der Waals surface area contributed by atoms with E-state index in [0.29, 0.717) is 0 Å². The van der Waals surface area contributed by atoms with Gasteiger partial charge in [-0.15, -0.1) is 4.90 Å². The molecule has 2 nitrogen and oxygen atoms in total. The summed E-state index contributed by atoms with van der Waals surface area (Å²) in [5.41, 5.74) is 0. The quantitative estimate of drug-likeness (QED) is 0.387. The highest BCUT2D eigenvalue weighted by molar-refractivity contribution is 5.79. The Balaban J connectivity index is 4.09. The van der Waals surface area contributed by atoms with Crippen molar-refractivity contribution in [2.24, 2.45) is 0 Å². The summed E-state index contributed by atoms with van der Waals surface area (Å²) >= 11 is 0. The van der Waals surface area contributed by atoms with Crippen molar-refractivity contribution in [3.05, 3.63) is 0 Å². The lowest BCUT2D eigenvalue weighted by molar-refractivity contribution is -0.405. The highest BCUT2D eigenvalue weighted by Gasteiger charge is 3.02. The zero-order valence-electron chi connectivity index (χ0n) is 10.5. The average molecular weight is 411 g/mol. The molecule has 1 rings (SSSR count). The van der Waals surface area contributed by atoms with Crippen LogP contribution >= 0.6 is 0 Å². The van der Waals surface area contributed by atoms with Gasteiger partial charge < -0.3 is 0 Å². The Bertz CT molecular complexity index is 577. The van der Waals surface area contributed by atoms with E-state index in [1.165, 1.54) is 0 Å². The minimum absolute atomic E-state index is 4.17. The van der Waals surface area contributed by atoms with Crippen molar-refractivity contribution in [3.63, 3.8) is 0 Å². The van der Waals surface area contributed by atoms with E-state index in [2.05, 4.69) is 0 Å². The number of rotatable bonds is 2. The summed E-state index contributed by atoms with van der Waals surface area (Å²) in [7, 11) is 0. The molecule has 17 heteroatoms. The van der Waals surface area contributed by atoms with Crippen molar-refractivity contribution in [1.29, 1.82) is 0 Å². The highest BCUT2D eigenvalue weighted by Crippen LogP contribution is 2.69. The molecule has 25 heavy (non-hydrogen) atoms. The molecule has 0 N–H and O–H groups in total. The van der Waals surface area contributed by atoms with E-state index in [1.807, 2.05) is 0 Å². The average Bonchev–Trinajstić information content (AvgIpc) is 2.41. The Kier molecular flexibility index (Phi) is 4.19. The zero-order valence-corrected chi connectivity index (χ0v) is 10.5. The molecule has 0 aromatic heterocycles. The molecule has 0 bridgehead atoms. The second-order valence-corrected chi connectivity index (χ2v) is 4.54. The zero-order chi connectivity index (χ0) is 20.7. The van der Waals surface area contributed by atoms with Crippen molar-refractivity contribution in [1.82, 2.24) is 4.90 Å². The summed E-state index contributed by atoms with van der Waals surface area (Å²) in [5, 5.41) is 0. The smallest absolute Gasteiger partial charge is 0.255 e. The van der Waals surface area contributed by atoms with Crippen LogP contribution in [0.4, 0.5) is 65.9 Å². The van der Waals surface area contributed by atoms with E-state index in [9.17, 15) is 70.7 Å². The minimum Gasteiger partial charge on any atom is -0.255 e. The van der Waals surface area contributed by atoms with Crippen LogP contribution in [0.2, 0.25) is 0 Å². The van der Waals surface area contributed by atoms with Gasteiger partial charge in [-0.25, -0.2) is 8.78 Å². The molecular formula is C8F15NO. The van der Waals surface area contributed by atoms with Crippen LogP contribution in [0.25, 0.3) is 0 Å². The summed E-state index contributed by atoms with van der Waals surface area (Å²) in [5.74, 6) is -30.7. The van der Waals surface area contributed by atoms with Crippen LogP contribution in [0, 0.1) is 0 Å². The monoisotopic (exact) mass is 411 g/mol. The summed E-state index contributed by atoms with van der Waals surface area (Å²) in [4.78, 5) is 5.89. The van der Waals surface area contributed by atoms with E-state index in [0.717, 1.165) is 0 Å².